The van der Waals surface area contributed by atoms with Crippen molar-refractivity contribution in [2.75, 3.05) is 0 Å². The standard InChI is InChI=1S/C23H20NS.C13H24O2.Ir/c1-14-5-15(2)8-18(7-14)21-12-23-20(13-24-21)11-22(25-23)19-9-16(3)6-17(4)10-19;1-5-10(6-2)12(14)9-13(15)11(7-3)8-4;/h5-7,9-13H,1-4H3;9-11,14H,5-8H2,1-4H3;/q-1;;/b;12-9-;. The Morgan fingerprint density at radius 3 is 2.00 bits per heavy atom. The first-order valence-electron chi connectivity index (χ1n) is 14.5. The molecule has 0 bridgehead atoms. The molecule has 0 saturated carbocycles. The summed E-state index contributed by atoms with van der Waals surface area (Å²) >= 11 is 1.83. The number of pyridine rings is 1. The summed E-state index contributed by atoms with van der Waals surface area (Å²) in [5, 5.41) is 11.0. The molecule has 3 nitrogen and oxygen atoms in total. The molecule has 0 aliphatic heterocycles. The molecule has 221 valence electrons. The van der Waals surface area contributed by atoms with Crippen molar-refractivity contribution in [1.82, 2.24) is 4.98 Å². The Hall–Kier alpha value is -2.59. The van der Waals surface area contributed by atoms with Crippen molar-refractivity contribution >= 4 is 27.2 Å². The van der Waals surface area contributed by atoms with Crippen LogP contribution in [0.2, 0.25) is 0 Å². The van der Waals surface area contributed by atoms with Crippen molar-refractivity contribution < 1.29 is 30.0 Å². The van der Waals surface area contributed by atoms with E-state index in [0.717, 1.165) is 42.5 Å². The fourth-order valence-electron chi connectivity index (χ4n) is 5.15. The Balaban J connectivity index is 0.000000320. The van der Waals surface area contributed by atoms with Gasteiger partial charge in [-0.25, -0.2) is 0 Å². The zero-order valence-electron chi connectivity index (χ0n) is 25.7. The van der Waals surface area contributed by atoms with E-state index < -0.39 is 0 Å². The maximum Gasteiger partial charge on any atom is 0.162 e. The molecule has 1 N–H and O–H groups in total. The van der Waals surface area contributed by atoms with Gasteiger partial charge >= 0.3 is 0 Å². The van der Waals surface area contributed by atoms with Crippen molar-refractivity contribution in [1.29, 1.82) is 0 Å². The van der Waals surface area contributed by atoms with Gasteiger partial charge in [0.05, 0.1) is 5.76 Å². The van der Waals surface area contributed by atoms with Gasteiger partial charge in [-0.2, -0.15) is 0 Å². The van der Waals surface area contributed by atoms with Gasteiger partial charge in [0.2, 0.25) is 0 Å². The molecule has 41 heavy (non-hydrogen) atoms. The Bertz CT molecular complexity index is 1390. The molecule has 2 aromatic carbocycles. The van der Waals surface area contributed by atoms with Crippen molar-refractivity contribution in [3.63, 3.8) is 0 Å². The second kappa shape index (κ2) is 16.2. The van der Waals surface area contributed by atoms with E-state index in [4.69, 9.17) is 0 Å². The predicted octanol–water partition coefficient (Wildman–Crippen LogP) is 10.5. The topological polar surface area (TPSA) is 50.2 Å². The maximum absolute atomic E-state index is 11.7. The minimum absolute atomic E-state index is 0. The monoisotopic (exact) mass is 747 g/mol. The maximum atomic E-state index is 11.7. The predicted molar refractivity (Wildman–Crippen MR) is 172 cm³/mol. The van der Waals surface area contributed by atoms with Crippen LogP contribution in [0, 0.1) is 45.6 Å². The van der Waals surface area contributed by atoms with Gasteiger partial charge in [-0.05, 0) is 56.9 Å². The number of hydrogen-bond donors (Lipinski definition) is 1. The molecular weight excluding hydrogens is 703 g/mol. The first-order chi connectivity index (χ1) is 19.1. The number of aryl methyl sites for hydroxylation is 4. The SMILES string of the molecule is CCC(CC)C(=O)/C=C(\O)C(CC)CC.Cc1[c-]c(-c2cc3sc(-c4cc(C)cc(C)c4)cc3cn2)cc(C)c1.[Ir]. The number of aromatic nitrogens is 1. The molecule has 0 fully saturated rings. The summed E-state index contributed by atoms with van der Waals surface area (Å²) in [6, 6.07) is 18.9. The second-order valence-electron chi connectivity index (χ2n) is 10.8. The molecule has 0 unspecified atom stereocenters. The summed E-state index contributed by atoms with van der Waals surface area (Å²) in [6.45, 7) is 16.6. The number of benzene rings is 2. The first kappa shape index (κ1) is 34.6. The number of aliphatic hydroxyl groups is 1. The fraction of sp³-hybridized carbons (Fsp3) is 0.389. The number of carbonyl (C=O) groups is 1. The Morgan fingerprint density at radius 1 is 0.854 bits per heavy atom. The van der Waals surface area contributed by atoms with Gasteiger partial charge in [0.25, 0.3) is 0 Å². The van der Waals surface area contributed by atoms with E-state index in [2.05, 4.69) is 81.2 Å². The van der Waals surface area contributed by atoms with Crippen LogP contribution in [-0.4, -0.2) is 15.9 Å². The number of allylic oxidation sites excluding steroid dienone is 2. The number of fused-ring (bicyclic) bond motifs is 1. The van der Waals surface area contributed by atoms with Gasteiger partial charge < -0.3 is 10.1 Å². The molecule has 0 aliphatic carbocycles. The van der Waals surface area contributed by atoms with Gasteiger partial charge in [0.15, 0.2) is 5.78 Å². The zero-order chi connectivity index (χ0) is 29.4. The third-order valence-electron chi connectivity index (χ3n) is 7.41. The van der Waals surface area contributed by atoms with Gasteiger partial charge in [0.1, 0.15) is 0 Å². The van der Waals surface area contributed by atoms with E-state index in [9.17, 15) is 9.90 Å². The van der Waals surface area contributed by atoms with E-state index in [1.807, 2.05) is 45.2 Å². The van der Waals surface area contributed by atoms with Crippen LogP contribution in [0.25, 0.3) is 31.8 Å². The van der Waals surface area contributed by atoms with Crippen LogP contribution in [-0.2, 0) is 24.9 Å². The number of nitrogens with zero attached hydrogens (tertiary/aromatic N) is 1. The molecule has 5 heteroatoms. The molecule has 2 aromatic heterocycles. The summed E-state index contributed by atoms with van der Waals surface area (Å²) in [5.74, 6) is 0.547. The second-order valence-corrected chi connectivity index (χ2v) is 11.9. The minimum Gasteiger partial charge on any atom is -0.512 e. The van der Waals surface area contributed by atoms with Gasteiger partial charge in [-0.1, -0.05) is 76.9 Å². The summed E-state index contributed by atoms with van der Waals surface area (Å²) in [6.07, 6.45) is 6.89. The van der Waals surface area contributed by atoms with Crippen LogP contribution in [0.3, 0.4) is 0 Å². The molecule has 0 saturated heterocycles. The Labute approximate surface area is 264 Å². The molecule has 0 amide bonds. The largest absolute Gasteiger partial charge is 0.512 e. The average molecular weight is 747 g/mol. The molecular formula is C36H44IrNO2S-. The van der Waals surface area contributed by atoms with Crippen LogP contribution < -0.4 is 0 Å². The average Bonchev–Trinajstić information content (AvgIpc) is 3.33. The van der Waals surface area contributed by atoms with Crippen LogP contribution >= 0.6 is 11.3 Å². The number of aliphatic hydroxyl groups excluding tert-OH is 1. The van der Waals surface area contributed by atoms with E-state index in [0.29, 0.717) is 0 Å². The third-order valence-corrected chi connectivity index (χ3v) is 8.56. The van der Waals surface area contributed by atoms with Crippen molar-refractivity contribution in [2.24, 2.45) is 11.8 Å². The summed E-state index contributed by atoms with van der Waals surface area (Å²) < 4.78 is 1.27. The molecule has 4 aromatic rings. The summed E-state index contributed by atoms with van der Waals surface area (Å²) in [7, 11) is 0. The molecule has 4 rings (SSSR count). The quantitative estimate of drug-likeness (QED) is 0.105. The van der Waals surface area contributed by atoms with Crippen molar-refractivity contribution in [3.05, 3.63) is 88.8 Å². The third kappa shape index (κ3) is 9.46. The van der Waals surface area contributed by atoms with Gasteiger partial charge in [0, 0.05) is 59.2 Å². The van der Waals surface area contributed by atoms with Crippen molar-refractivity contribution in [2.45, 2.75) is 81.1 Å². The van der Waals surface area contributed by atoms with Crippen LogP contribution in [0.15, 0.2) is 60.5 Å². The minimum atomic E-state index is 0. The van der Waals surface area contributed by atoms with E-state index >= 15 is 0 Å². The van der Waals surface area contributed by atoms with E-state index in [-0.39, 0.29) is 43.5 Å². The molecule has 2 heterocycles. The van der Waals surface area contributed by atoms with Crippen LogP contribution in [0.5, 0.6) is 0 Å². The van der Waals surface area contributed by atoms with Crippen LogP contribution in [0.4, 0.5) is 0 Å². The van der Waals surface area contributed by atoms with Gasteiger partial charge in [-0.15, -0.1) is 46.2 Å². The number of rotatable bonds is 9. The number of thiophene rings is 1. The van der Waals surface area contributed by atoms with Crippen molar-refractivity contribution in [3.8, 4) is 21.7 Å². The molecule has 1 radical (unpaired) electrons. The first-order valence-corrected chi connectivity index (χ1v) is 15.3. The number of carbonyl (C=O) groups excluding carboxylic acids is 1. The van der Waals surface area contributed by atoms with E-state index in [1.54, 1.807) is 0 Å². The number of ketones is 1. The number of hydrogen-bond acceptors (Lipinski definition) is 4. The normalized spacial score (nSPS) is 11.4. The summed E-state index contributed by atoms with van der Waals surface area (Å²) in [5.41, 5.74) is 8.36. The molecule has 0 aliphatic rings. The summed E-state index contributed by atoms with van der Waals surface area (Å²) in [4.78, 5) is 17.7. The van der Waals surface area contributed by atoms with E-state index in [1.165, 1.54) is 43.3 Å². The smallest absolute Gasteiger partial charge is 0.162 e. The molecule has 0 atom stereocenters. The Kier molecular flexibility index (Phi) is 13.6. The zero-order valence-corrected chi connectivity index (χ0v) is 28.9. The van der Waals surface area contributed by atoms with Crippen LogP contribution in [0.1, 0.15) is 75.6 Å². The fourth-order valence-corrected chi connectivity index (χ4v) is 6.21. The van der Waals surface area contributed by atoms with Gasteiger partial charge in [-0.3, -0.25) is 4.79 Å². The molecule has 0 spiro atoms. The Morgan fingerprint density at radius 2 is 1.44 bits per heavy atom.